The molecular formula is C29H35FN2O6S2. The number of nitrogens with one attached hydrogen (secondary N) is 1. The molecule has 3 aromatic rings. The number of carbonyl (C=O) groups excluding carboxylic acids is 1. The van der Waals surface area contributed by atoms with Gasteiger partial charge in [-0.1, -0.05) is 19.1 Å². The Morgan fingerprint density at radius 2 is 1.77 bits per heavy atom. The van der Waals surface area contributed by atoms with Crippen molar-refractivity contribution in [3.8, 4) is 11.1 Å². The van der Waals surface area contributed by atoms with Crippen molar-refractivity contribution < 1.29 is 27.3 Å². The molecule has 0 radical (unpaired) electrons. The predicted octanol–water partition coefficient (Wildman–Crippen LogP) is 3.83. The van der Waals surface area contributed by atoms with Crippen molar-refractivity contribution in [3.63, 3.8) is 0 Å². The van der Waals surface area contributed by atoms with Gasteiger partial charge in [-0.25, -0.2) is 12.8 Å². The van der Waals surface area contributed by atoms with E-state index in [1.165, 1.54) is 41.0 Å². The highest BCUT2D eigenvalue weighted by atomic mass is 32.2. The summed E-state index contributed by atoms with van der Waals surface area (Å²) in [5.41, 5.74) is 1.71. The monoisotopic (exact) mass is 590 g/mol. The Morgan fingerprint density at radius 3 is 2.35 bits per heavy atom. The summed E-state index contributed by atoms with van der Waals surface area (Å²) in [5, 5.41) is 9.84. The molecule has 0 aliphatic carbocycles. The summed E-state index contributed by atoms with van der Waals surface area (Å²) in [6, 6.07) is 10.4. The predicted molar refractivity (Wildman–Crippen MR) is 156 cm³/mol. The summed E-state index contributed by atoms with van der Waals surface area (Å²) >= 11 is -1.56. The van der Waals surface area contributed by atoms with E-state index in [2.05, 4.69) is 4.72 Å². The number of pyridine rings is 1. The van der Waals surface area contributed by atoms with Crippen LogP contribution in [-0.4, -0.2) is 45.5 Å². The number of rotatable bonds is 11. The van der Waals surface area contributed by atoms with Gasteiger partial charge in [-0.15, -0.1) is 4.72 Å². The second kappa shape index (κ2) is 12.8. The molecule has 0 saturated heterocycles. The van der Waals surface area contributed by atoms with Crippen LogP contribution in [0.3, 0.4) is 0 Å². The minimum atomic E-state index is -3.41. The Labute approximate surface area is 237 Å². The molecule has 0 spiro atoms. The van der Waals surface area contributed by atoms with Crippen molar-refractivity contribution in [2.45, 2.75) is 50.7 Å². The summed E-state index contributed by atoms with van der Waals surface area (Å²) in [7, 11) is -1.87. The second-order valence-corrected chi connectivity index (χ2v) is 14.9. The molecule has 0 amide bonds. The summed E-state index contributed by atoms with van der Waals surface area (Å²) in [5.74, 6) is -1.24. The summed E-state index contributed by atoms with van der Waals surface area (Å²) < 4.78 is 55.2. The molecule has 0 saturated carbocycles. The van der Waals surface area contributed by atoms with Crippen LogP contribution >= 0.6 is 0 Å². The number of carbonyl (C=O) groups is 1. The number of aryl methyl sites for hydroxylation is 1. The lowest BCUT2D eigenvalue weighted by Gasteiger charge is -2.29. The molecule has 2 N–H and O–H groups in total. The van der Waals surface area contributed by atoms with Crippen LogP contribution < -0.4 is 10.3 Å². The molecule has 11 heteroatoms. The zero-order chi connectivity index (χ0) is 29.8. The molecule has 0 fully saturated rings. The van der Waals surface area contributed by atoms with E-state index in [4.69, 9.17) is 0 Å². The third-order valence-corrected chi connectivity index (χ3v) is 9.67. The number of halogens is 1. The van der Waals surface area contributed by atoms with Crippen LogP contribution in [0.15, 0.2) is 59.5 Å². The van der Waals surface area contributed by atoms with Crippen molar-refractivity contribution in [1.82, 2.24) is 9.29 Å². The lowest BCUT2D eigenvalue weighted by molar-refractivity contribution is 0.103. The number of aliphatic hydroxyl groups is 1. The molecule has 216 valence electrons. The van der Waals surface area contributed by atoms with Gasteiger partial charge in [-0.05, 0) is 74.2 Å². The van der Waals surface area contributed by atoms with E-state index in [-0.39, 0.29) is 41.2 Å². The third-order valence-electron chi connectivity index (χ3n) is 6.41. The number of aromatic nitrogens is 1. The fourth-order valence-corrected chi connectivity index (χ4v) is 5.83. The highest BCUT2D eigenvalue weighted by Gasteiger charge is 2.31. The summed E-state index contributed by atoms with van der Waals surface area (Å²) in [4.78, 5) is 26.5. The summed E-state index contributed by atoms with van der Waals surface area (Å²) in [6.45, 7) is 6.63. The maximum absolute atomic E-state index is 13.7. The molecule has 8 nitrogen and oxygen atoms in total. The topological polar surface area (TPSA) is 129 Å². The van der Waals surface area contributed by atoms with Crippen molar-refractivity contribution in [3.05, 3.63) is 93.2 Å². The van der Waals surface area contributed by atoms with Crippen LogP contribution in [0.1, 0.15) is 67.2 Å². The number of hydrogen-bond acceptors (Lipinski definition) is 7. The van der Waals surface area contributed by atoms with E-state index < -0.39 is 43.6 Å². The van der Waals surface area contributed by atoms with E-state index in [1.54, 1.807) is 53.1 Å². The first-order chi connectivity index (χ1) is 18.7. The zero-order valence-electron chi connectivity index (χ0n) is 23.2. The molecule has 0 bridgehead atoms. The normalized spacial score (nSPS) is 13.7. The maximum Gasteiger partial charge on any atom is 0.250 e. The standard InChI is InChI=1S/C29H35FN2O6S2/c1-6-40(37,38)18-19-7-12-22(28(35)20-8-10-21(30)11-9-20)23(15-19)25-17-32(5)27(34)16-24(25)26(13-14-33)31-39(36)29(2,3)4/h7-12,15-17,26,31,33H,6,13-14,18H2,1-5H3/t26-,39?/m0/s1. The fourth-order valence-electron chi connectivity index (χ4n) is 4.09. The van der Waals surface area contributed by atoms with Gasteiger partial charge in [0.05, 0.1) is 11.8 Å². The fraction of sp³-hybridized carbons (Fsp3) is 0.379. The molecule has 1 aromatic heterocycles. The highest BCUT2D eigenvalue weighted by molar-refractivity contribution is 7.91. The number of ketones is 1. The zero-order valence-corrected chi connectivity index (χ0v) is 24.9. The third kappa shape index (κ3) is 7.67. The molecule has 0 aliphatic heterocycles. The van der Waals surface area contributed by atoms with Crippen LogP contribution in [0.25, 0.3) is 11.1 Å². The number of sulfone groups is 1. The lowest BCUT2D eigenvalue weighted by Crippen LogP contribution is -2.42. The number of nitrogens with zero attached hydrogens (tertiary/aromatic N) is 1. The first-order valence-electron chi connectivity index (χ1n) is 12.8. The van der Waals surface area contributed by atoms with Crippen molar-refractivity contribution in [2.24, 2.45) is 7.05 Å². The van der Waals surface area contributed by atoms with Crippen LogP contribution in [0.5, 0.6) is 0 Å². The first-order valence-corrected chi connectivity index (χ1v) is 15.8. The Balaban J connectivity index is 2.31. The average molecular weight is 591 g/mol. The van der Waals surface area contributed by atoms with E-state index in [1.807, 2.05) is 0 Å². The van der Waals surface area contributed by atoms with Crippen LogP contribution in [-0.2, 0) is 34.0 Å². The van der Waals surface area contributed by atoms with E-state index in [9.17, 15) is 32.1 Å². The van der Waals surface area contributed by atoms with Crippen molar-refractivity contribution >= 4 is 27.0 Å². The van der Waals surface area contributed by atoms with E-state index in [0.717, 1.165) is 0 Å². The maximum atomic E-state index is 13.7. The first kappa shape index (κ1) is 31.7. The van der Waals surface area contributed by atoms with Gasteiger partial charge in [0.25, 0.3) is 5.56 Å². The summed E-state index contributed by atoms with van der Waals surface area (Å²) in [6.07, 6.45) is 1.66. The number of aliphatic hydroxyl groups excluding tert-OH is 1. The van der Waals surface area contributed by atoms with E-state index >= 15 is 0 Å². The molecule has 3 rings (SSSR count). The van der Waals surface area contributed by atoms with Gasteiger partial charge >= 0.3 is 0 Å². The molecule has 1 unspecified atom stereocenters. The van der Waals surface area contributed by atoms with E-state index in [0.29, 0.717) is 22.3 Å². The van der Waals surface area contributed by atoms with Crippen LogP contribution in [0, 0.1) is 5.82 Å². The van der Waals surface area contributed by atoms with Gasteiger partial charge in [-0.2, -0.15) is 0 Å². The second-order valence-electron chi connectivity index (χ2n) is 10.5. The van der Waals surface area contributed by atoms with Gasteiger partial charge in [0.1, 0.15) is 10.6 Å². The lowest BCUT2D eigenvalue weighted by atomic mass is 9.88. The average Bonchev–Trinajstić information content (AvgIpc) is 2.89. The van der Waals surface area contributed by atoms with Crippen LogP contribution in [0.2, 0.25) is 0 Å². The Morgan fingerprint density at radius 1 is 1.12 bits per heavy atom. The van der Waals surface area contributed by atoms with Gasteiger partial charge in [0.2, 0.25) is 0 Å². The molecule has 1 heterocycles. The number of hydrogen-bond donors (Lipinski definition) is 2. The molecular weight excluding hydrogens is 555 g/mol. The minimum Gasteiger partial charge on any atom is -0.598 e. The molecule has 0 aliphatic rings. The van der Waals surface area contributed by atoms with Gasteiger partial charge in [0, 0.05) is 59.7 Å². The van der Waals surface area contributed by atoms with Gasteiger partial charge in [0.15, 0.2) is 15.6 Å². The van der Waals surface area contributed by atoms with Gasteiger partial charge in [-0.3, -0.25) is 9.59 Å². The molecule has 40 heavy (non-hydrogen) atoms. The Hall–Kier alpha value is -2.83. The smallest absolute Gasteiger partial charge is 0.250 e. The largest absolute Gasteiger partial charge is 0.598 e. The molecule has 2 aromatic carbocycles. The van der Waals surface area contributed by atoms with Crippen molar-refractivity contribution in [1.29, 1.82) is 0 Å². The van der Waals surface area contributed by atoms with Crippen molar-refractivity contribution in [2.75, 3.05) is 12.4 Å². The minimum absolute atomic E-state index is 0.0647. The Bertz CT molecular complexity index is 1530. The van der Waals surface area contributed by atoms with Crippen LogP contribution in [0.4, 0.5) is 4.39 Å². The number of benzene rings is 2. The quantitative estimate of drug-likeness (QED) is 0.257. The SMILES string of the molecule is CCS(=O)(=O)Cc1ccc(C(=O)c2ccc(F)cc2)c(-c2cn(C)c(=O)cc2[C@H](CCO)N[S+]([O-])C(C)(C)C)c1. The Kier molecular flexibility index (Phi) is 10.1. The van der Waals surface area contributed by atoms with Gasteiger partial charge < -0.3 is 14.2 Å². The highest BCUT2D eigenvalue weighted by Crippen LogP contribution is 2.34. The molecule has 2 atom stereocenters.